The van der Waals surface area contributed by atoms with Gasteiger partial charge in [0.2, 0.25) is 6.23 Å². The number of halogens is 3. The number of benzene rings is 3. The molecule has 0 saturated heterocycles. The lowest BCUT2D eigenvalue weighted by atomic mass is 9.95. The molecule has 33 heavy (non-hydrogen) atoms. The van der Waals surface area contributed by atoms with Gasteiger partial charge >= 0.3 is 6.18 Å². The number of hydrogen-bond donors (Lipinski definition) is 0. The van der Waals surface area contributed by atoms with E-state index in [0.29, 0.717) is 42.4 Å². The lowest BCUT2D eigenvalue weighted by Gasteiger charge is -2.38. The van der Waals surface area contributed by atoms with E-state index in [1.165, 1.54) is 12.1 Å². The van der Waals surface area contributed by atoms with Crippen molar-refractivity contribution in [2.45, 2.75) is 24.9 Å². The second-order valence-corrected chi connectivity index (χ2v) is 8.13. The first kappa shape index (κ1) is 20.0. The summed E-state index contributed by atoms with van der Waals surface area (Å²) >= 11 is 0. The summed E-state index contributed by atoms with van der Waals surface area (Å²) in [5.74, 6) is 2.10. The van der Waals surface area contributed by atoms with Crippen molar-refractivity contribution in [2.75, 3.05) is 13.2 Å². The summed E-state index contributed by atoms with van der Waals surface area (Å²) < 4.78 is 56.7. The largest absolute Gasteiger partial charge is 0.486 e. The molecule has 0 fully saturated rings. The first-order valence-corrected chi connectivity index (χ1v) is 10.7. The van der Waals surface area contributed by atoms with Crippen LogP contribution >= 0.6 is 0 Å². The molecule has 3 aliphatic rings. The monoisotopic (exact) mass is 452 g/mol. The van der Waals surface area contributed by atoms with Gasteiger partial charge in [-0.15, -0.1) is 0 Å². The molecular formula is C25H19F3N2O3. The van der Waals surface area contributed by atoms with Crippen molar-refractivity contribution in [1.29, 1.82) is 0 Å². The average Bonchev–Trinajstić information content (AvgIpc) is 3.29. The van der Waals surface area contributed by atoms with E-state index < -0.39 is 18.0 Å². The molecule has 0 aromatic heterocycles. The topological polar surface area (TPSA) is 43.3 Å². The highest BCUT2D eigenvalue weighted by molar-refractivity contribution is 6.02. The maximum Gasteiger partial charge on any atom is 0.416 e. The minimum absolute atomic E-state index is 0.0922. The Labute approximate surface area is 188 Å². The minimum atomic E-state index is -4.39. The summed E-state index contributed by atoms with van der Waals surface area (Å²) in [4.78, 5) is 0. The van der Waals surface area contributed by atoms with Gasteiger partial charge < -0.3 is 14.2 Å². The number of hydrogen-bond acceptors (Lipinski definition) is 5. The zero-order valence-electron chi connectivity index (χ0n) is 17.4. The fraction of sp³-hybridized carbons (Fsp3) is 0.240. The molecule has 3 aromatic rings. The van der Waals surface area contributed by atoms with Gasteiger partial charge in [-0.3, -0.25) is 0 Å². The highest BCUT2D eigenvalue weighted by Crippen LogP contribution is 2.48. The van der Waals surface area contributed by atoms with E-state index in [2.05, 4.69) is 0 Å². The smallest absolute Gasteiger partial charge is 0.416 e. The van der Waals surface area contributed by atoms with Crippen LogP contribution in [0.1, 0.15) is 40.9 Å². The molecule has 3 aliphatic heterocycles. The van der Waals surface area contributed by atoms with Gasteiger partial charge in [-0.2, -0.15) is 18.3 Å². The Morgan fingerprint density at radius 3 is 2.39 bits per heavy atom. The number of nitrogens with zero attached hydrogens (tertiary/aromatic N) is 2. The van der Waals surface area contributed by atoms with Gasteiger partial charge in [0.05, 0.1) is 17.3 Å². The van der Waals surface area contributed by atoms with Gasteiger partial charge in [0.25, 0.3) is 0 Å². The number of para-hydroxylation sites is 1. The molecule has 168 valence electrons. The van der Waals surface area contributed by atoms with Gasteiger partial charge in [0.15, 0.2) is 11.5 Å². The lowest BCUT2D eigenvalue weighted by Crippen LogP contribution is -2.33. The molecule has 0 spiro atoms. The van der Waals surface area contributed by atoms with Crippen LogP contribution in [0.25, 0.3) is 0 Å². The zero-order valence-corrected chi connectivity index (χ0v) is 17.4. The van der Waals surface area contributed by atoms with Crippen LogP contribution in [0.2, 0.25) is 0 Å². The molecular weight excluding hydrogens is 433 g/mol. The number of fused-ring (bicyclic) bond motifs is 4. The fourth-order valence-electron chi connectivity index (χ4n) is 4.49. The van der Waals surface area contributed by atoms with E-state index in [9.17, 15) is 13.2 Å². The van der Waals surface area contributed by atoms with E-state index >= 15 is 0 Å². The number of rotatable bonds is 2. The van der Waals surface area contributed by atoms with Crippen LogP contribution < -0.4 is 14.2 Å². The normalized spacial score (nSPS) is 21.1. The molecule has 8 heteroatoms. The quantitative estimate of drug-likeness (QED) is 0.499. The molecule has 0 amide bonds. The number of hydrazone groups is 1. The van der Waals surface area contributed by atoms with E-state index in [-0.39, 0.29) is 6.04 Å². The van der Waals surface area contributed by atoms with Gasteiger partial charge in [-0.05, 0) is 36.4 Å². The van der Waals surface area contributed by atoms with Crippen molar-refractivity contribution >= 4 is 5.71 Å². The van der Waals surface area contributed by atoms with Crippen LogP contribution in [0, 0.1) is 0 Å². The summed E-state index contributed by atoms with van der Waals surface area (Å²) in [5, 5.41) is 6.71. The standard InChI is InChI=1S/C25H19F3N2O3/c26-25(27,28)17-8-5-15(6-9-17)24-30-20(18-3-1-2-4-21(18)33-24)14-19(29-30)16-7-10-22-23(13-16)32-12-11-31-22/h1-10,13,20,24H,11-12,14H2/t20-,24-/m0/s1. The average molecular weight is 452 g/mol. The molecule has 5 nitrogen and oxygen atoms in total. The molecule has 3 heterocycles. The molecule has 3 aromatic carbocycles. The number of ether oxygens (including phenoxy) is 3. The van der Waals surface area contributed by atoms with Gasteiger partial charge in [0.1, 0.15) is 19.0 Å². The van der Waals surface area contributed by atoms with Crippen molar-refractivity contribution < 1.29 is 27.4 Å². The maximum atomic E-state index is 13.1. The Hall–Kier alpha value is -3.68. The van der Waals surface area contributed by atoms with Crippen LogP contribution in [-0.4, -0.2) is 23.9 Å². The summed E-state index contributed by atoms with van der Waals surface area (Å²) in [6.45, 7) is 1.01. The third kappa shape index (κ3) is 3.46. The molecule has 0 saturated carbocycles. The van der Waals surface area contributed by atoms with Crippen molar-refractivity contribution in [3.05, 3.63) is 89.0 Å². The Balaban J connectivity index is 1.38. The minimum Gasteiger partial charge on any atom is -0.486 e. The third-order valence-corrected chi connectivity index (χ3v) is 6.10. The van der Waals surface area contributed by atoms with Crippen LogP contribution in [-0.2, 0) is 6.18 Å². The second-order valence-electron chi connectivity index (χ2n) is 8.13. The Bertz CT molecular complexity index is 1240. The SMILES string of the molecule is FC(F)(F)c1ccc([C@@H]2Oc3ccccc3[C@@H]3CC(c4ccc5c(c4)OCCO5)=NN32)cc1. The van der Waals surface area contributed by atoms with E-state index in [1.54, 1.807) is 0 Å². The molecule has 0 N–H and O–H groups in total. The molecule has 2 atom stereocenters. The van der Waals surface area contributed by atoms with Crippen LogP contribution in [0.5, 0.6) is 17.2 Å². The first-order chi connectivity index (χ1) is 16.0. The summed E-state index contributed by atoms with van der Waals surface area (Å²) in [6.07, 6.45) is -4.39. The second kappa shape index (κ2) is 7.43. The van der Waals surface area contributed by atoms with E-state index in [4.69, 9.17) is 19.3 Å². The van der Waals surface area contributed by atoms with Crippen molar-refractivity contribution in [3.63, 3.8) is 0 Å². The molecule has 0 aliphatic carbocycles. The highest BCUT2D eigenvalue weighted by atomic mass is 19.4. The Morgan fingerprint density at radius 2 is 1.61 bits per heavy atom. The predicted octanol–water partition coefficient (Wildman–Crippen LogP) is 5.72. The zero-order chi connectivity index (χ0) is 22.6. The van der Waals surface area contributed by atoms with Gasteiger partial charge in [0, 0.05) is 23.1 Å². The van der Waals surface area contributed by atoms with E-state index in [1.807, 2.05) is 47.5 Å². The summed E-state index contributed by atoms with van der Waals surface area (Å²) in [7, 11) is 0. The van der Waals surface area contributed by atoms with Gasteiger partial charge in [-0.25, -0.2) is 5.01 Å². The molecule has 0 radical (unpaired) electrons. The fourth-order valence-corrected chi connectivity index (χ4v) is 4.49. The van der Waals surface area contributed by atoms with Crippen LogP contribution in [0.4, 0.5) is 13.2 Å². The van der Waals surface area contributed by atoms with E-state index in [0.717, 1.165) is 29.0 Å². The lowest BCUT2D eigenvalue weighted by molar-refractivity contribution is -0.137. The molecule has 0 bridgehead atoms. The van der Waals surface area contributed by atoms with Gasteiger partial charge in [-0.1, -0.05) is 30.3 Å². The van der Waals surface area contributed by atoms with Crippen LogP contribution in [0.3, 0.4) is 0 Å². The van der Waals surface area contributed by atoms with Crippen LogP contribution in [0.15, 0.2) is 71.8 Å². The molecule has 0 unspecified atom stereocenters. The molecule has 6 rings (SSSR count). The third-order valence-electron chi connectivity index (χ3n) is 6.10. The highest BCUT2D eigenvalue weighted by Gasteiger charge is 2.41. The number of alkyl halides is 3. The summed E-state index contributed by atoms with van der Waals surface area (Å²) in [5.41, 5.74) is 2.68. The first-order valence-electron chi connectivity index (χ1n) is 10.7. The Morgan fingerprint density at radius 1 is 0.848 bits per heavy atom. The Kier molecular flexibility index (Phi) is 4.50. The van der Waals surface area contributed by atoms with Crippen molar-refractivity contribution in [3.8, 4) is 17.2 Å². The summed E-state index contributed by atoms with van der Waals surface area (Å²) in [6, 6.07) is 18.4. The van der Waals surface area contributed by atoms with Crippen molar-refractivity contribution in [1.82, 2.24) is 5.01 Å². The maximum absolute atomic E-state index is 13.1. The van der Waals surface area contributed by atoms with Crippen molar-refractivity contribution in [2.24, 2.45) is 5.10 Å². The predicted molar refractivity (Wildman–Crippen MR) is 114 cm³/mol.